The van der Waals surface area contributed by atoms with E-state index in [4.69, 9.17) is 4.74 Å². The summed E-state index contributed by atoms with van der Waals surface area (Å²) in [5.41, 5.74) is 2.04. The topological polar surface area (TPSA) is 106 Å². The molecule has 0 radical (unpaired) electrons. The van der Waals surface area contributed by atoms with Gasteiger partial charge in [-0.3, -0.25) is 9.89 Å². The van der Waals surface area contributed by atoms with E-state index >= 15 is 0 Å². The number of nitrogens with one attached hydrogen (secondary N) is 2. The van der Waals surface area contributed by atoms with E-state index in [0.717, 1.165) is 26.6 Å². The fourth-order valence-electron chi connectivity index (χ4n) is 2.87. The van der Waals surface area contributed by atoms with Crippen molar-refractivity contribution in [2.75, 3.05) is 12.9 Å². The summed E-state index contributed by atoms with van der Waals surface area (Å²) in [5, 5.41) is 11.8. The number of H-pyrrole nitrogens is 1. The minimum absolute atomic E-state index is 0.0984. The van der Waals surface area contributed by atoms with E-state index in [9.17, 15) is 4.79 Å². The quantitative estimate of drug-likeness (QED) is 0.335. The lowest BCUT2D eigenvalue weighted by molar-refractivity contribution is -0.118. The summed E-state index contributed by atoms with van der Waals surface area (Å²) in [4.78, 5) is 27.6. The van der Waals surface area contributed by atoms with E-state index < -0.39 is 0 Å². The van der Waals surface area contributed by atoms with Crippen LogP contribution in [0.25, 0.3) is 21.6 Å². The van der Waals surface area contributed by atoms with Crippen LogP contribution in [0.1, 0.15) is 16.3 Å². The molecule has 1 amide bonds. The summed E-state index contributed by atoms with van der Waals surface area (Å²) in [6, 6.07) is 7.48. The molecule has 0 bridgehead atoms. The third kappa shape index (κ3) is 4.29. The molecule has 0 aliphatic carbocycles. The average molecular weight is 441 g/mol. The third-order valence-corrected chi connectivity index (χ3v) is 6.71. The summed E-state index contributed by atoms with van der Waals surface area (Å²) >= 11 is 3.06. The number of thioether (sulfide) groups is 1. The van der Waals surface area contributed by atoms with Crippen LogP contribution in [0.4, 0.5) is 0 Å². The Morgan fingerprint density at radius 2 is 2.03 bits per heavy atom. The van der Waals surface area contributed by atoms with Gasteiger partial charge in [0.2, 0.25) is 5.91 Å². The Bertz CT molecular complexity index is 1190. The van der Waals surface area contributed by atoms with Crippen molar-refractivity contribution in [3.05, 3.63) is 46.9 Å². The maximum atomic E-state index is 12.3. The zero-order valence-electron chi connectivity index (χ0n) is 16.7. The van der Waals surface area contributed by atoms with Gasteiger partial charge in [0.15, 0.2) is 5.82 Å². The summed E-state index contributed by atoms with van der Waals surface area (Å²) in [6.45, 7) is 4.41. The highest BCUT2D eigenvalue weighted by atomic mass is 32.2. The van der Waals surface area contributed by atoms with Crippen molar-refractivity contribution in [2.45, 2.75) is 25.4 Å². The average Bonchev–Trinajstić information content (AvgIpc) is 3.35. The molecule has 4 rings (SSSR count). The number of carbonyl (C=O) groups is 1. The Morgan fingerprint density at radius 3 is 2.80 bits per heavy atom. The molecule has 0 aliphatic rings. The van der Waals surface area contributed by atoms with Gasteiger partial charge < -0.3 is 10.1 Å². The molecule has 10 heteroatoms. The predicted molar refractivity (Wildman–Crippen MR) is 118 cm³/mol. The van der Waals surface area contributed by atoms with Gasteiger partial charge in [-0.25, -0.2) is 15.0 Å². The predicted octanol–water partition coefficient (Wildman–Crippen LogP) is 3.51. The van der Waals surface area contributed by atoms with Crippen molar-refractivity contribution in [1.82, 2.24) is 30.5 Å². The molecule has 0 spiro atoms. The van der Waals surface area contributed by atoms with Gasteiger partial charge in [0.1, 0.15) is 27.8 Å². The molecular weight excluding hydrogens is 420 g/mol. The first kappa shape index (κ1) is 20.3. The number of nitrogens with zero attached hydrogens (tertiary/aromatic N) is 4. The monoisotopic (exact) mass is 440 g/mol. The minimum Gasteiger partial charge on any atom is -0.497 e. The number of aryl methyl sites for hydroxylation is 2. The molecular formula is C20H20N6O2S2. The summed E-state index contributed by atoms with van der Waals surface area (Å²) in [5.74, 6) is 2.10. The molecule has 4 aromatic rings. The largest absolute Gasteiger partial charge is 0.497 e. The fraction of sp³-hybridized carbons (Fsp3) is 0.250. The Labute approximate surface area is 181 Å². The Hall–Kier alpha value is -2.98. The second kappa shape index (κ2) is 8.80. The van der Waals surface area contributed by atoms with Crippen LogP contribution in [0.3, 0.4) is 0 Å². The molecule has 3 aromatic heterocycles. The first-order chi connectivity index (χ1) is 14.5. The normalized spacial score (nSPS) is 11.0. The molecule has 0 atom stereocenters. The highest BCUT2D eigenvalue weighted by Crippen LogP contribution is 2.34. The van der Waals surface area contributed by atoms with E-state index in [0.29, 0.717) is 11.6 Å². The van der Waals surface area contributed by atoms with Crippen molar-refractivity contribution in [1.29, 1.82) is 0 Å². The second-order valence-corrected chi connectivity index (χ2v) is 8.71. The zero-order valence-corrected chi connectivity index (χ0v) is 18.4. The molecule has 0 aliphatic heterocycles. The maximum absolute atomic E-state index is 12.3. The number of fused-ring (bicyclic) bond motifs is 1. The molecule has 8 nitrogen and oxygen atoms in total. The van der Waals surface area contributed by atoms with Crippen LogP contribution in [-0.4, -0.2) is 43.9 Å². The third-order valence-electron chi connectivity index (χ3n) is 4.60. The van der Waals surface area contributed by atoms with Gasteiger partial charge in [-0.2, -0.15) is 5.10 Å². The fourth-order valence-corrected chi connectivity index (χ4v) is 4.82. The SMILES string of the molecule is COc1ccc(-c2n[nH]c(CNC(=O)CSc3ncnc4sc(C)c(C)c34)n2)cc1. The number of hydrogen-bond donors (Lipinski definition) is 2. The second-order valence-electron chi connectivity index (χ2n) is 6.54. The van der Waals surface area contributed by atoms with E-state index in [-0.39, 0.29) is 18.2 Å². The van der Waals surface area contributed by atoms with Crippen LogP contribution in [0.2, 0.25) is 0 Å². The van der Waals surface area contributed by atoms with E-state index in [1.807, 2.05) is 24.3 Å². The molecule has 3 heterocycles. The van der Waals surface area contributed by atoms with Crippen molar-refractivity contribution < 1.29 is 9.53 Å². The van der Waals surface area contributed by atoms with Crippen LogP contribution >= 0.6 is 23.1 Å². The standard InChI is InChI=1S/C20H20N6O2S2/c1-11-12(2)30-20-17(11)19(22-10-23-20)29-9-16(27)21-8-15-24-18(26-25-15)13-4-6-14(28-3)7-5-13/h4-7,10H,8-9H2,1-3H3,(H,21,27)(H,24,25,26). The maximum Gasteiger partial charge on any atom is 0.230 e. The molecule has 0 saturated carbocycles. The number of ether oxygens (including phenoxy) is 1. The molecule has 1 aromatic carbocycles. The number of aromatic amines is 1. The van der Waals surface area contributed by atoms with Gasteiger partial charge in [0, 0.05) is 15.8 Å². The number of rotatable bonds is 7. The van der Waals surface area contributed by atoms with Gasteiger partial charge in [0.25, 0.3) is 0 Å². The van der Waals surface area contributed by atoms with Gasteiger partial charge in [0.05, 0.1) is 19.4 Å². The lowest BCUT2D eigenvalue weighted by atomic mass is 10.2. The number of thiophene rings is 1. The number of benzene rings is 1. The van der Waals surface area contributed by atoms with E-state index in [1.165, 1.54) is 22.2 Å². The number of hydrogen-bond acceptors (Lipinski definition) is 8. The van der Waals surface area contributed by atoms with Gasteiger partial charge in [-0.05, 0) is 43.7 Å². The number of carbonyl (C=O) groups excluding carboxylic acids is 1. The molecule has 0 unspecified atom stereocenters. The van der Waals surface area contributed by atoms with E-state index in [1.54, 1.807) is 24.8 Å². The smallest absolute Gasteiger partial charge is 0.230 e. The van der Waals surface area contributed by atoms with Crippen LogP contribution in [0, 0.1) is 13.8 Å². The van der Waals surface area contributed by atoms with Crippen LogP contribution < -0.4 is 10.1 Å². The van der Waals surface area contributed by atoms with Crippen LogP contribution in [0.5, 0.6) is 5.75 Å². The first-order valence-corrected chi connectivity index (χ1v) is 11.0. The first-order valence-electron chi connectivity index (χ1n) is 9.21. The molecule has 0 saturated heterocycles. The highest BCUT2D eigenvalue weighted by molar-refractivity contribution is 8.00. The van der Waals surface area contributed by atoms with Crippen molar-refractivity contribution >= 4 is 39.2 Å². The number of aromatic nitrogens is 5. The van der Waals surface area contributed by atoms with Crippen molar-refractivity contribution in [3.63, 3.8) is 0 Å². The number of methoxy groups -OCH3 is 1. The van der Waals surface area contributed by atoms with Gasteiger partial charge in [-0.1, -0.05) is 11.8 Å². The zero-order chi connectivity index (χ0) is 21.1. The van der Waals surface area contributed by atoms with Crippen LogP contribution in [0.15, 0.2) is 35.6 Å². The highest BCUT2D eigenvalue weighted by Gasteiger charge is 2.14. The van der Waals surface area contributed by atoms with Gasteiger partial charge >= 0.3 is 0 Å². The molecule has 0 fully saturated rings. The Kier molecular flexibility index (Phi) is 5.96. The Morgan fingerprint density at radius 1 is 1.23 bits per heavy atom. The lowest BCUT2D eigenvalue weighted by Crippen LogP contribution is -2.25. The molecule has 154 valence electrons. The minimum atomic E-state index is -0.0984. The molecule has 30 heavy (non-hydrogen) atoms. The number of amides is 1. The Balaban J connectivity index is 1.34. The van der Waals surface area contributed by atoms with Crippen molar-refractivity contribution in [2.24, 2.45) is 0 Å². The van der Waals surface area contributed by atoms with Crippen LogP contribution in [-0.2, 0) is 11.3 Å². The lowest BCUT2D eigenvalue weighted by Gasteiger charge is -2.04. The summed E-state index contributed by atoms with van der Waals surface area (Å²) in [6.07, 6.45) is 1.55. The van der Waals surface area contributed by atoms with Crippen molar-refractivity contribution in [3.8, 4) is 17.1 Å². The van der Waals surface area contributed by atoms with Gasteiger partial charge in [-0.15, -0.1) is 11.3 Å². The molecule has 2 N–H and O–H groups in total. The summed E-state index contributed by atoms with van der Waals surface area (Å²) in [7, 11) is 1.62. The van der Waals surface area contributed by atoms with E-state index in [2.05, 4.69) is 44.3 Å². The summed E-state index contributed by atoms with van der Waals surface area (Å²) < 4.78 is 5.16.